The Morgan fingerprint density at radius 3 is 2.56 bits per heavy atom. The highest BCUT2D eigenvalue weighted by Crippen LogP contribution is 2.18. The van der Waals surface area contributed by atoms with Crippen molar-refractivity contribution < 1.29 is 0 Å². The van der Waals surface area contributed by atoms with Crippen LogP contribution in [0.3, 0.4) is 0 Å². The van der Waals surface area contributed by atoms with Crippen LogP contribution in [-0.2, 0) is 20.1 Å². The number of guanidine groups is 1. The van der Waals surface area contributed by atoms with Crippen LogP contribution in [0, 0.1) is 13.8 Å². The molecule has 3 aromatic rings. The van der Waals surface area contributed by atoms with Gasteiger partial charge in [0.25, 0.3) is 0 Å². The summed E-state index contributed by atoms with van der Waals surface area (Å²) < 4.78 is 3.84. The summed E-state index contributed by atoms with van der Waals surface area (Å²) in [6, 6.07) is 12.2. The topological polar surface area (TPSA) is 72.1 Å². The van der Waals surface area contributed by atoms with Crippen LogP contribution in [-0.4, -0.2) is 32.1 Å². The van der Waals surface area contributed by atoms with Gasteiger partial charge in [-0.15, -0.1) is 0 Å². The van der Waals surface area contributed by atoms with E-state index in [1.807, 2.05) is 47.6 Å². The molecule has 0 fully saturated rings. The number of nitrogens with one attached hydrogen (secondary N) is 2. The SMILES string of the molecule is CCNC(=NCc1c(C)nn(-c2ccccc2)c1C)NCc1ccnn1C. The molecule has 0 radical (unpaired) electrons. The molecule has 0 saturated carbocycles. The Morgan fingerprint density at radius 2 is 1.89 bits per heavy atom. The Bertz CT molecular complexity index is 906. The van der Waals surface area contributed by atoms with Crippen molar-refractivity contribution in [1.29, 1.82) is 0 Å². The lowest BCUT2D eigenvalue weighted by molar-refractivity contribution is 0.684. The zero-order valence-corrected chi connectivity index (χ0v) is 16.4. The highest BCUT2D eigenvalue weighted by atomic mass is 15.3. The number of nitrogens with zero attached hydrogens (tertiary/aromatic N) is 5. The molecule has 2 heterocycles. The summed E-state index contributed by atoms with van der Waals surface area (Å²) in [5.74, 6) is 0.782. The lowest BCUT2D eigenvalue weighted by Gasteiger charge is -2.11. The number of aliphatic imine (C=N–C) groups is 1. The van der Waals surface area contributed by atoms with Crippen molar-refractivity contribution >= 4 is 5.96 Å². The van der Waals surface area contributed by atoms with Gasteiger partial charge in [-0.2, -0.15) is 10.2 Å². The van der Waals surface area contributed by atoms with Crippen LogP contribution in [0.1, 0.15) is 29.6 Å². The van der Waals surface area contributed by atoms with E-state index < -0.39 is 0 Å². The molecular weight excluding hydrogens is 338 g/mol. The lowest BCUT2D eigenvalue weighted by Crippen LogP contribution is -2.37. The molecule has 142 valence electrons. The predicted molar refractivity (Wildman–Crippen MR) is 108 cm³/mol. The van der Waals surface area contributed by atoms with Gasteiger partial charge in [0.15, 0.2) is 5.96 Å². The summed E-state index contributed by atoms with van der Waals surface area (Å²) in [6.45, 7) is 8.24. The summed E-state index contributed by atoms with van der Waals surface area (Å²) >= 11 is 0. The van der Waals surface area contributed by atoms with Gasteiger partial charge in [0, 0.05) is 31.0 Å². The van der Waals surface area contributed by atoms with E-state index in [1.165, 1.54) is 0 Å². The van der Waals surface area contributed by atoms with Crippen molar-refractivity contribution in [2.24, 2.45) is 12.0 Å². The van der Waals surface area contributed by atoms with Gasteiger partial charge < -0.3 is 10.6 Å². The van der Waals surface area contributed by atoms with Gasteiger partial charge in [0.1, 0.15) is 0 Å². The molecule has 2 N–H and O–H groups in total. The van der Waals surface area contributed by atoms with Crippen LogP contribution in [0.5, 0.6) is 0 Å². The maximum absolute atomic E-state index is 4.75. The van der Waals surface area contributed by atoms with Crippen LogP contribution >= 0.6 is 0 Å². The molecule has 2 aromatic heterocycles. The maximum atomic E-state index is 4.75. The van der Waals surface area contributed by atoms with Gasteiger partial charge in [-0.3, -0.25) is 4.68 Å². The molecule has 3 rings (SSSR count). The Kier molecular flexibility index (Phi) is 5.90. The van der Waals surface area contributed by atoms with Crippen molar-refractivity contribution in [2.45, 2.75) is 33.9 Å². The average Bonchev–Trinajstić information content (AvgIpc) is 3.21. The first-order chi connectivity index (χ1) is 13.1. The van der Waals surface area contributed by atoms with Crippen LogP contribution in [0.15, 0.2) is 47.6 Å². The highest BCUT2D eigenvalue weighted by molar-refractivity contribution is 5.79. The number of benzene rings is 1. The third kappa shape index (κ3) is 4.36. The molecule has 0 atom stereocenters. The quantitative estimate of drug-likeness (QED) is 0.520. The molecular formula is C20H27N7. The summed E-state index contributed by atoms with van der Waals surface area (Å²) in [5.41, 5.74) is 5.43. The van der Waals surface area contributed by atoms with Crippen molar-refractivity contribution in [3.8, 4) is 5.69 Å². The summed E-state index contributed by atoms with van der Waals surface area (Å²) in [7, 11) is 1.94. The van der Waals surface area contributed by atoms with Gasteiger partial charge >= 0.3 is 0 Å². The molecule has 27 heavy (non-hydrogen) atoms. The molecule has 0 saturated heterocycles. The third-order valence-corrected chi connectivity index (χ3v) is 4.54. The van der Waals surface area contributed by atoms with Gasteiger partial charge in [0.2, 0.25) is 0 Å². The Morgan fingerprint density at radius 1 is 1.11 bits per heavy atom. The minimum Gasteiger partial charge on any atom is -0.357 e. The van der Waals surface area contributed by atoms with Gasteiger partial charge in [0.05, 0.1) is 30.2 Å². The van der Waals surface area contributed by atoms with E-state index in [-0.39, 0.29) is 0 Å². The molecule has 0 amide bonds. The van der Waals surface area contributed by atoms with Crippen LogP contribution < -0.4 is 10.6 Å². The fraction of sp³-hybridized carbons (Fsp3) is 0.350. The van der Waals surface area contributed by atoms with E-state index in [4.69, 9.17) is 10.1 Å². The number of rotatable bonds is 6. The van der Waals surface area contributed by atoms with Crippen molar-refractivity contribution in [3.05, 3.63) is 65.2 Å². The van der Waals surface area contributed by atoms with E-state index in [0.717, 1.165) is 40.8 Å². The first-order valence-electron chi connectivity index (χ1n) is 9.19. The highest BCUT2D eigenvalue weighted by Gasteiger charge is 2.12. The van der Waals surface area contributed by atoms with Gasteiger partial charge in [-0.05, 0) is 39.0 Å². The van der Waals surface area contributed by atoms with Crippen molar-refractivity contribution in [3.63, 3.8) is 0 Å². The monoisotopic (exact) mass is 365 g/mol. The van der Waals surface area contributed by atoms with E-state index in [1.54, 1.807) is 6.20 Å². The molecule has 0 aliphatic heterocycles. The second-order valence-electron chi connectivity index (χ2n) is 6.39. The molecule has 0 bridgehead atoms. The molecule has 0 aliphatic carbocycles. The standard InChI is InChI=1S/C20H27N7/c1-5-21-20(22-13-18-11-12-24-26(18)4)23-14-19-15(2)25-27(16(19)3)17-9-7-6-8-10-17/h6-12H,5,13-14H2,1-4H3,(H2,21,22,23). The Hall–Kier alpha value is -3.09. The number of hydrogen-bond acceptors (Lipinski definition) is 3. The Balaban J connectivity index is 1.76. The van der Waals surface area contributed by atoms with E-state index in [0.29, 0.717) is 13.1 Å². The predicted octanol–water partition coefficient (Wildman–Crippen LogP) is 2.48. The van der Waals surface area contributed by atoms with Crippen molar-refractivity contribution in [2.75, 3.05) is 6.54 Å². The number of hydrogen-bond donors (Lipinski definition) is 2. The number of para-hydroxylation sites is 1. The fourth-order valence-electron chi connectivity index (χ4n) is 2.97. The molecule has 7 heteroatoms. The first-order valence-corrected chi connectivity index (χ1v) is 9.19. The molecule has 1 aromatic carbocycles. The smallest absolute Gasteiger partial charge is 0.191 e. The van der Waals surface area contributed by atoms with Crippen LogP contribution in [0.4, 0.5) is 0 Å². The van der Waals surface area contributed by atoms with Gasteiger partial charge in [-0.1, -0.05) is 18.2 Å². The molecule has 0 unspecified atom stereocenters. The zero-order chi connectivity index (χ0) is 19.2. The number of aryl methyl sites for hydroxylation is 2. The fourth-order valence-corrected chi connectivity index (χ4v) is 2.97. The molecule has 0 aliphatic rings. The molecule has 0 spiro atoms. The zero-order valence-electron chi connectivity index (χ0n) is 16.4. The van der Waals surface area contributed by atoms with E-state index in [2.05, 4.69) is 41.7 Å². The van der Waals surface area contributed by atoms with Crippen molar-refractivity contribution in [1.82, 2.24) is 30.2 Å². The normalized spacial score (nSPS) is 11.6. The second kappa shape index (κ2) is 8.53. The maximum Gasteiger partial charge on any atom is 0.191 e. The summed E-state index contributed by atoms with van der Waals surface area (Å²) in [4.78, 5) is 4.75. The minimum atomic E-state index is 0.575. The minimum absolute atomic E-state index is 0.575. The van der Waals surface area contributed by atoms with Gasteiger partial charge in [-0.25, -0.2) is 9.67 Å². The third-order valence-electron chi connectivity index (χ3n) is 4.54. The van der Waals surface area contributed by atoms with E-state index >= 15 is 0 Å². The van der Waals surface area contributed by atoms with Crippen LogP contribution in [0.2, 0.25) is 0 Å². The lowest BCUT2D eigenvalue weighted by atomic mass is 10.2. The summed E-state index contributed by atoms with van der Waals surface area (Å²) in [5, 5.41) is 15.5. The average molecular weight is 365 g/mol. The largest absolute Gasteiger partial charge is 0.357 e. The first kappa shape index (κ1) is 18.7. The van der Waals surface area contributed by atoms with Crippen LogP contribution in [0.25, 0.3) is 5.69 Å². The summed E-state index contributed by atoms with van der Waals surface area (Å²) in [6.07, 6.45) is 1.80. The molecule has 7 nitrogen and oxygen atoms in total. The number of aromatic nitrogens is 4. The van der Waals surface area contributed by atoms with E-state index in [9.17, 15) is 0 Å². The second-order valence-corrected chi connectivity index (χ2v) is 6.39. The Labute approximate surface area is 160 Å².